The predicted molar refractivity (Wildman–Crippen MR) is 178 cm³/mol. The Labute approximate surface area is 251 Å². The van der Waals surface area contributed by atoms with E-state index in [-0.39, 0.29) is 5.41 Å². The highest BCUT2D eigenvalue weighted by molar-refractivity contribution is 6.74. The zero-order chi connectivity index (χ0) is 28.7. The number of para-hydroxylation sites is 2. The highest BCUT2D eigenvalue weighted by Gasteiger charge is 2.52. The quantitative estimate of drug-likeness (QED) is 0.196. The van der Waals surface area contributed by atoms with E-state index in [4.69, 9.17) is 0 Å². The average molecular weight is 544 g/mol. The monoisotopic (exact) mass is 543 g/mol. The van der Waals surface area contributed by atoms with Crippen LogP contribution < -0.4 is 10.4 Å². The van der Waals surface area contributed by atoms with Crippen LogP contribution in [0.5, 0.6) is 0 Å². The molecule has 0 radical (unpaired) electrons. The predicted octanol–water partition coefficient (Wildman–Crippen LogP) is 9.52. The van der Waals surface area contributed by atoms with Crippen LogP contribution in [0.25, 0.3) is 0 Å². The van der Waals surface area contributed by atoms with Crippen LogP contribution in [0.1, 0.15) is 61.1 Å². The molecule has 0 saturated carbocycles. The molecule has 0 bridgehead atoms. The molecule has 5 aromatic rings. The van der Waals surface area contributed by atoms with E-state index in [0.29, 0.717) is 17.5 Å². The van der Waals surface area contributed by atoms with Gasteiger partial charge in [-0.3, -0.25) is 0 Å². The smallest absolute Gasteiger partial charge is 0.176 e. The maximum Gasteiger partial charge on any atom is 0.176 e. The van der Waals surface area contributed by atoms with E-state index in [1.807, 2.05) is 0 Å². The van der Waals surface area contributed by atoms with Gasteiger partial charge in [0.05, 0.1) is 16.8 Å². The maximum absolute atomic E-state index is 2.61. The number of rotatable bonds is 2. The Kier molecular flexibility index (Phi) is 5.49. The fraction of sp³-hybridized carbons (Fsp3) is 0.250. The van der Waals surface area contributed by atoms with Crippen LogP contribution in [0.3, 0.4) is 0 Å². The molecule has 1 nitrogen and oxygen atoms in total. The Hall–Kier alpha value is -4.04. The number of fused-ring (bicyclic) bond motifs is 8. The molecule has 1 fully saturated rings. The summed E-state index contributed by atoms with van der Waals surface area (Å²) in [6.45, 7) is 10.4. The zero-order valence-electron chi connectivity index (χ0n) is 25.2. The third-order valence-electron chi connectivity index (χ3n) is 11.3. The summed E-state index contributed by atoms with van der Waals surface area (Å²) in [6, 6.07) is 46.0. The van der Waals surface area contributed by atoms with Crippen LogP contribution in [0.15, 0.2) is 121 Å². The van der Waals surface area contributed by atoms with Crippen molar-refractivity contribution in [3.63, 3.8) is 0 Å². The summed E-state index contributed by atoms with van der Waals surface area (Å²) in [4.78, 5) is 2.50. The first-order valence-electron chi connectivity index (χ1n) is 15.6. The van der Waals surface area contributed by atoms with E-state index >= 15 is 0 Å². The number of hydrogen-bond donors (Lipinski definition) is 0. The Bertz CT molecular complexity index is 1770. The van der Waals surface area contributed by atoms with Gasteiger partial charge in [0.15, 0.2) is 6.71 Å². The first-order valence-corrected chi connectivity index (χ1v) is 15.6. The van der Waals surface area contributed by atoms with E-state index < -0.39 is 0 Å². The molecule has 206 valence electrons. The Morgan fingerprint density at radius 1 is 0.524 bits per heavy atom. The van der Waals surface area contributed by atoms with Crippen molar-refractivity contribution in [3.05, 3.63) is 155 Å². The van der Waals surface area contributed by atoms with E-state index in [1.165, 1.54) is 68.5 Å². The summed E-state index contributed by atoms with van der Waals surface area (Å²) in [5.74, 6) is 0. The second kappa shape index (κ2) is 8.98. The van der Waals surface area contributed by atoms with Gasteiger partial charge in [-0.2, -0.15) is 0 Å². The molecule has 0 aromatic heterocycles. The van der Waals surface area contributed by atoms with Crippen molar-refractivity contribution >= 4 is 29.2 Å². The van der Waals surface area contributed by atoms with E-state index in [1.54, 1.807) is 0 Å². The molecule has 1 saturated heterocycles. The first kappa shape index (κ1) is 25.7. The minimum atomic E-state index is -0.387. The van der Waals surface area contributed by atoms with Crippen molar-refractivity contribution in [2.45, 2.75) is 52.2 Å². The number of hydrogen-bond acceptors (Lipinski definition) is 1. The van der Waals surface area contributed by atoms with Crippen molar-refractivity contribution < 1.29 is 0 Å². The molecule has 0 N–H and O–H groups in total. The standard InChI is InChI=1S/C40H38BN/c1-38(2)26-41(27-39(38,3)4)30-22-23-37-35(25-30)40(32-18-10-8-14-28(32)24-29-15-9-11-19-33(29)40)34-20-12-13-21-36(34)42(37)31-16-6-5-7-17-31/h5-23,25H,24,26-27H2,1-4H3. The van der Waals surface area contributed by atoms with Crippen LogP contribution in [0, 0.1) is 10.8 Å². The molecule has 2 heterocycles. The summed E-state index contributed by atoms with van der Waals surface area (Å²) in [5.41, 5.74) is 13.9. The lowest BCUT2D eigenvalue weighted by Crippen LogP contribution is -2.42. The fourth-order valence-corrected chi connectivity index (χ4v) is 8.52. The van der Waals surface area contributed by atoms with Crippen LogP contribution in [0.2, 0.25) is 12.6 Å². The molecule has 8 rings (SSSR count). The topological polar surface area (TPSA) is 3.24 Å². The van der Waals surface area contributed by atoms with Gasteiger partial charge < -0.3 is 4.90 Å². The second-order valence-electron chi connectivity index (χ2n) is 14.1. The molecule has 42 heavy (non-hydrogen) atoms. The minimum Gasteiger partial charge on any atom is -0.310 e. The van der Waals surface area contributed by atoms with Gasteiger partial charge in [0.25, 0.3) is 0 Å². The maximum atomic E-state index is 2.61. The summed E-state index contributed by atoms with van der Waals surface area (Å²) in [5, 5.41) is 0. The van der Waals surface area contributed by atoms with Gasteiger partial charge in [-0.05, 0) is 74.9 Å². The van der Waals surface area contributed by atoms with Gasteiger partial charge in [-0.1, -0.05) is 143 Å². The molecular weight excluding hydrogens is 505 g/mol. The Morgan fingerprint density at radius 3 is 1.69 bits per heavy atom. The molecule has 2 heteroatoms. The van der Waals surface area contributed by atoms with Crippen LogP contribution in [0.4, 0.5) is 17.1 Å². The van der Waals surface area contributed by atoms with Crippen molar-refractivity contribution in [1.29, 1.82) is 0 Å². The third-order valence-corrected chi connectivity index (χ3v) is 11.3. The van der Waals surface area contributed by atoms with Crippen molar-refractivity contribution in [3.8, 4) is 0 Å². The summed E-state index contributed by atoms with van der Waals surface area (Å²) < 4.78 is 0. The Morgan fingerprint density at radius 2 is 1.05 bits per heavy atom. The van der Waals surface area contributed by atoms with Gasteiger partial charge in [0, 0.05) is 5.69 Å². The summed E-state index contributed by atoms with van der Waals surface area (Å²) in [7, 11) is 0. The van der Waals surface area contributed by atoms with Crippen molar-refractivity contribution in [1.82, 2.24) is 0 Å². The molecule has 0 unspecified atom stereocenters. The average Bonchev–Trinajstić information content (AvgIpc) is 3.23. The third kappa shape index (κ3) is 3.45. The van der Waals surface area contributed by atoms with Crippen LogP contribution in [-0.4, -0.2) is 6.71 Å². The highest BCUT2D eigenvalue weighted by Crippen LogP contribution is 2.60. The number of benzene rings is 5. The highest BCUT2D eigenvalue weighted by atomic mass is 15.2. The van der Waals surface area contributed by atoms with Crippen molar-refractivity contribution in [2.75, 3.05) is 4.90 Å². The first-order chi connectivity index (χ1) is 20.3. The van der Waals surface area contributed by atoms with Crippen LogP contribution >= 0.6 is 0 Å². The van der Waals surface area contributed by atoms with E-state index in [2.05, 4.69) is 154 Å². The van der Waals surface area contributed by atoms with Gasteiger partial charge in [-0.25, -0.2) is 0 Å². The summed E-state index contributed by atoms with van der Waals surface area (Å²) in [6.07, 6.45) is 3.41. The summed E-state index contributed by atoms with van der Waals surface area (Å²) >= 11 is 0. The lowest BCUT2D eigenvalue weighted by Gasteiger charge is -2.49. The van der Waals surface area contributed by atoms with Gasteiger partial charge in [0.1, 0.15) is 0 Å². The van der Waals surface area contributed by atoms with Gasteiger partial charge >= 0.3 is 0 Å². The SMILES string of the molecule is CC1(C)CB(c2ccc3c(c2)C2(c4ccccc4Cc4ccccc42)c2ccccc2N3c2ccccc2)CC1(C)C. The van der Waals surface area contributed by atoms with Crippen LogP contribution in [-0.2, 0) is 11.8 Å². The number of anilines is 3. The minimum absolute atomic E-state index is 0.304. The lowest BCUT2D eigenvalue weighted by molar-refractivity contribution is 0.177. The van der Waals surface area contributed by atoms with E-state index in [9.17, 15) is 0 Å². The molecule has 3 aliphatic rings. The molecule has 5 aromatic carbocycles. The number of nitrogens with zero attached hydrogens (tertiary/aromatic N) is 1. The molecule has 1 aliphatic carbocycles. The van der Waals surface area contributed by atoms with E-state index in [0.717, 1.165) is 6.42 Å². The molecule has 0 amide bonds. The fourth-order valence-electron chi connectivity index (χ4n) is 8.52. The molecule has 1 spiro atoms. The zero-order valence-corrected chi connectivity index (χ0v) is 25.2. The normalized spacial score (nSPS) is 18.7. The lowest BCUT2D eigenvalue weighted by atomic mass is 9.41. The molecule has 0 atom stereocenters. The molecule has 2 aliphatic heterocycles. The largest absolute Gasteiger partial charge is 0.310 e. The molecular formula is C40H38BN. The Balaban J connectivity index is 1.48. The van der Waals surface area contributed by atoms with Crippen molar-refractivity contribution in [2.24, 2.45) is 10.8 Å². The van der Waals surface area contributed by atoms with Gasteiger partial charge in [-0.15, -0.1) is 0 Å². The van der Waals surface area contributed by atoms with Gasteiger partial charge in [0.2, 0.25) is 0 Å². The second-order valence-corrected chi connectivity index (χ2v) is 14.1.